The Morgan fingerprint density at radius 2 is 2.09 bits per heavy atom. The lowest BCUT2D eigenvalue weighted by Gasteiger charge is -2.02. The molecule has 22 heavy (non-hydrogen) atoms. The third-order valence-electron chi connectivity index (χ3n) is 3.14. The van der Waals surface area contributed by atoms with E-state index >= 15 is 0 Å². The SMILES string of the molecule is CCOC(=O)Cc1c(C)[nH]n(-c2ccccc2[N+](=O)[O-])c1=O. The van der Waals surface area contributed by atoms with E-state index < -0.39 is 16.5 Å². The zero-order valence-corrected chi connectivity index (χ0v) is 12.2. The van der Waals surface area contributed by atoms with Crippen molar-refractivity contribution in [2.24, 2.45) is 0 Å². The fourth-order valence-corrected chi connectivity index (χ4v) is 2.12. The van der Waals surface area contributed by atoms with E-state index in [1.807, 2.05) is 0 Å². The van der Waals surface area contributed by atoms with Gasteiger partial charge in [0.2, 0.25) is 0 Å². The molecule has 0 amide bonds. The fraction of sp³-hybridized carbons (Fsp3) is 0.286. The van der Waals surface area contributed by atoms with Gasteiger partial charge in [-0.25, -0.2) is 4.68 Å². The maximum Gasteiger partial charge on any atom is 0.310 e. The molecule has 1 aromatic heterocycles. The van der Waals surface area contributed by atoms with Gasteiger partial charge in [0.15, 0.2) is 0 Å². The number of H-pyrrole nitrogens is 1. The number of aryl methyl sites for hydroxylation is 1. The molecular formula is C14H15N3O5. The summed E-state index contributed by atoms with van der Waals surface area (Å²) in [5, 5.41) is 13.8. The van der Waals surface area contributed by atoms with Gasteiger partial charge in [0.1, 0.15) is 5.69 Å². The number of ether oxygens (including phenoxy) is 1. The van der Waals surface area contributed by atoms with Gasteiger partial charge in [-0.3, -0.25) is 24.8 Å². The van der Waals surface area contributed by atoms with E-state index in [1.165, 1.54) is 18.2 Å². The van der Waals surface area contributed by atoms with Crippen LogP contribution in [0.2, 0.25) is 0 Å². The van der Waals surface area contributed by atoms with E-state index in [9.17, 15) is 19.7 Å². The zero-order valence-electron chi connectivity index (χ0n) is 12.2. The number of aromatic amines is 1. The van der Waals surface area contributed by atoms with Crippen LogP contribution in [0.3, 0.4) is 0 Å². The van der Waals surface area contributed by atoms with Crippen molar-refractivity contribution in [3.63, 3.8) is 0 Å². The molecule has 1 N–H and O–H groups in total. The summed E-state index contributed by atoms with van der Waals surface area (Å²) in [5.74, 6) is -0.517. The minimum absolute atomic E-state index is 0.121. The Morgan fingerprint density at radius 3 is 2.73 bits per heavy atom. The number of esters is 1. The lowest BCUT2D eigenvalue weighted by atomic mass is 10.2. The van der Waals surface area contributed by atoms with Gasteiger partial charge in [-0.1, -0.05) is 12.1 Å². The molecule has 0 radical (unpaired) electrons. The molecule has 8 nitrogen and oxygen atoms in total. The van der Waals surface area contributed by atoms with Gasteiger partial charge in [0.25, 0.3) is 11.2 Å². The molecule has 0 spiro atoms. The first kappa shape index (κ1) is 15.5. The molecule has 0 aliphatic rings. The van der Waals surface area contributed by atoms with Crippen molar-refractivity contribution < 1.29 is 14.5 Å². The molecule has 0 atom stereocenters. The molecule has 0 bridgehead atoms. The maximum atomic E-state index is 12.4. The van der Waals surface area contributed by atoms with Crippen molar-refractivity contribution >= 4 is 11.7 Å². The number of carbonyl (C=O) groups excluding carboxylic acids is 1. The topological polar surface area (TPSA) is 107 Å². The predicted octanol–water partition coefficient (Wildman–Crippen LogP) is 1.49. The lowest BCUT2D eigenvalue weighted by molar-refractivity contribution is -0.384. The summed E-state index contributed by atoms with van der Waals surface area (Å²) in [6.45, 7) is 3.52. The van der Waals surface area contributed by atoms with Gasteiger partial charge in [-0.15, -0.1) is 0 Å². The second-order valence-electron chi connectivity index (χ2n) is 4.58. The van der Waals surface area contributed by atoms with Crippen molar-refractivity contribution in [3.05, 3.63) is 56.0 Å². The number of benzene rings is 1. The highest BCUT2D eigenvalue weighted by Crippen LogP contribution is 2.20. The molecule has 1 heterocycles. The normalized spacial score (nSPS) is 10.5. The number of nitrogens with zero attached hydrogens (tertiary/aromatic N) is 2. The first-order valence-electron chi connectivity index (χ1n) is 6.65. The van der Waals surface area contributed by atoms with E-state index in [2.05, 4.69) is 5.10 Å². The molecular weight excluding hydrogens is 290 g/mol. The number of nitrogens with one attached hydrogen (secondary N) is 1. The largest absolute Gasteiger partial charge is 0.466 e. The molecule has 0 saturated carbocycles. The standard InChI is InChI=1S/C14H15N3O5/c1-3-22-13(18)8-10-9(2)15-16(14(10)19)11-6-4-5-7-12(11)17(20)21/h4-7,15H,3,8H2,1-2H3. The smallest absolute Gasteiger partial charge is 0.310 e. The Hall–Kier alpha value is -2.90. The summed E-state index contributed by atoms with van der Waals surface area (Å²) in [7, 11) is 0. The Balaban J connectivity index is 2.49. The van der Waals surface area contributed by atoms with Crippen molar-refractivity contribution in [3.8, 4) is 5.69 Å². The van der Waals surface area contributed by atoms with Crippen LogP contribution >= 0.6 is 0 Å². The van der Waals surface area contributed by atoms with E-state index in [0.29, 0.717) is 5.69 Å². The van der Waals surface area contributed by atoms with Crippen molar-refractivity contribution in [2.45, 2.75) is 20.3 Å². The highest BCUT2D eigenvalue weighted by molar-refractivity contribution is 5.72. The third-order valence-corrected chi connectivity index (χ3v) is 3.14. The van der Waals surface area contributed by atoms with Crippen LogP contribution in [0.1, 0.15) is 18.2 Å². The van der Waals surface area contributed by atoms with E-state index in [0.717, 1.165) is 4.68 Å². The second kappa shape index (κ2) is 6.25. The van der Waals surface area contributed by atoms with Crippen molar-refractivity contribution in [1.82, 2.24) is 9.78 Å². The van der Waals surface area contributed by atoms with E-state index in [4.69, 9.17) is 4.74 Å². The predicted molar refractivity (Wildman–Crippen MR) is 78.1 cm³/mol. The van der Waals surface area contributed by atoms with Crippen LogP contribution in [0, 0.1) is 17.0 Å². The molecule has 8 heteroatoms. The summed E-state index contributed by atoms with van der Waals surface area (Å²) in [5.41, 5.74) is 0.122. The van der Waals surface area contributed by atoms with Gasteiger partial charge in [-0.2, -0.15) is 0 Å². The average molecular weight is 305 g/mol. The highest BCUT2D eigenvalue weighted by atomic mass is 16.6. The second-order valence-corrected chi connectivity index (χ2v) is 4.58. The molecule has 0 saturated heterocycles. The molecule has 2 aromatic rings. The van der Waals surface area contributed by atoms with Crippen molar-refractivity contribution in [1.29, 1.82) is 0 Å². The van der Waals surface area contributed by atoms with Crippen LogP contribution in [0.25, 0.3) is 5.69 Å². The van der Waals surface area contributed by atoms with Gasteiger partial charge in [0, 0.05) is 11.8 Å². The highest BCUT2D eigenvalue weighted by Gasteiger charge is 2.21. The molecule has 0 fully saturated rings. The Morgan fingerprint density at radius 1 is 1.41 bits per heavy atom. The third kappa shape index (κ3) is 2.90. The van der Waals surface area contributed by atoms with E-state index in [-0.39, 0.29) is 30.0 Å². The first-order chi connectivity index (χ1) is 10.5. The lowest BCUT2D eigenvalue weighted by Crippen LogP contribution is -2.21. The van der Waals surface area contributed by atoms with Crippen LogP contribution in [-0.4, -0.2) is 27.3 Å². The van der Waals surface area contributed by atoms with Crippen LogP contribution in [-0.2, 0) is 16.0 Å². The summed E-state index contributed by atoms with van der Waals surface area (Å²) in [6, 6.07) is 5.88. The Labute approximate surface area is 125 Å². The van der Waals surface area contributed by atoms with Crippen LogP contribution in [0.4, 0.5) is 5.69 Å². The number of aromatic nitrogens is 2. The molecule has 2 rings (SSSR count). The van der Waals surface area contributed by atoms with Gasteiger partial charge in [-0.05, 0) is 19.9 Å². The number of nitro groups is 1. The Bertz CT molecular complexity index is 775. The quantitative estimate of drug-likeness (QED) is 0.511. The summed E-state index contributed by atoms with van der Waals surface area (Å²) in [6.07, 6.45) is -0.178. The number of rotatable bonds is 5. The summed E-state index contributed by atoms with van der Waals surface area (Å²) < 4.78 is 5.89. The van der Waals surface area contributed by atoms with E-state index in [1.54, 1.807) is 19.9 Å². The van der Waals surface area contributed by atoms with Crippen LogP contribution in [0.5, 0.6) is 0 Å². The maximum absolute atomic E-state index is 12.4. The molecule has 0 aliphatic heterocycles. The fourth-order valence-electron chi connectivity index (χ4n) is 2.12. The van der Waals surface area contributed by atoms with Gasteiger partial charge >= 0.3 is 5.97 Å². The molecule has 116 valence electrons. The average Bonchev–Trinajstić information content (AvgIpc) is 2.75. The number of hydrogen-bond acceptors (Lipinski definition) is 5. The molecule has 1 aromatic carbocycles. The minimum atomic E-state index is -0.567. The number of hydrogen-bond donors (Lipinski definition) is 1. The van der Waals surface area contributed by atoms with Crippen molar-refractivity contribution in [2.75, 3.05) is 6.61 Å². The molecule has 0 aliphatic carbocycles. The van der Waals surface area contributed by atoms with Gasteiger partial charge in [0.05, 0.1) is 23.5 Å². The number of para-hydroxylation sites is 2. The summed E-state index contributed by atoms with van der Waals surface area (Å²) in [4.78, 5) is 34.4. The monoisotopic (exact) mass is 305 g/mol. The summed E-state index contributed by atoms with van der Waals surface area (Å²) >= 11 is 0. The minimum Gasteiger partial charge on any atom is -0.466 e. The first-order valence-corrected chi connectivity index (χ1v) is 6.65. The van der Waals surface area contributed by atoms with Crippen LogP contribution in [0.15, 0.2) is 29.1 Å². The zero-order chi connectivity index (χ0) is 16.3. The molecule has 0 unspecified atom stereocenters. The van der Waals surface area contributed by atoms with Gasteiger partial charge < -0.3 is 4.74 Å². The number of nitro benzene ring substituents is 1. The Kier molecular flexibility index (Phi) is 4.40. The number of carbonyl (C=O) groups is 1. The van der Waals surface area contributed by atoms with Crippen LogP contribution < -0.4 is 5.56 Å².